The average Bonchev–Trinajstić information content (AvgIpc) is 3.02. The third kappa shape index (κ3) is 4.70. The van der Waals surface area contributed by atoms with Gasteiger partial charge in [-0.1, -0.05) is 12.1 Å². The molecule has 3 aromatic rings. The number of hydrogen-bond donors (Lipinski definition) is 1. The molecule has 5 heteroatoms. The number of aryl methyl sites for hydroxylation is 2. The Morgan fingerprint density at radius 1 is 1.13 bits per heavy atom. The molecule has 5 nitrogen and oxygen atoms in total. The molecule has 0 atom stereocenters. The summed E-state index contributed by atoms with van der Waals surface area (Å²) in [5.74, 6) is 0.290. The Balaban J connectivity index is 1.90. The Labute approximate surface area is 183 Å². The minimum absolute atomic E-state index is 0.0510. The molecule has 1 heterocycles. The molecule has 3 rings (SSSR count). The molecular weight excluding hydrogens is 386 g/mol. The van der Waals surface area contributed by atoms with Crippen molar-refractivity contribution in [1.82, 2.24) is 4.57 Å². The van der Waals surface area contributed by atoms with Crippen LogP contribution in [0.2, 0.25) is 0 Å². The molecule has 0 saturated heterocycles. The zero-order chi connectivity index (χ0) is 22.5. The minimum atomic E-state index is -0.441. The van der Waals surface area contributed by atoms with Gasteiger partial charge in [-0.15, -0.1) is 0 Å². The quantitative estimate of drug-likeness (QED) is 0.419. The van der Waals surface area contributed by atoms with Crippen LogP contribution in [0.4, 0.5) is 5.69 Å². The highest BCUT2D eigenvalue weighted by atomic mass is 16.5. The van der Waals surface area contributed by atoms with E-state index in [1.165, 1.54) is 11.1 Å². The summed E-state index contributed by atoms with van der Waals surface area (Å²) in [4.78, 5) is 12.7. The summed E-state index contributed by atoms with van der Waals surface area (Å²) in [6.07, 6.45) is 1.65. The van der Waals surface area contributed by atoms with Crippen LogP contribution in [-0.4, -0.2) is 17.1 Å². The van der Waals surface area contributed by atoms with Crippen LogP contribution in [0.25, 0.3) is 11.8 Å². The van der Waals surface area contributed by atoms with Gasteiger partial charge in [0, 0.05) is 22.8 Å². The molecule has 0 spiro atoms. The first-order valence-corrected chi connectivity index (χ1v) is 10.3. The molecule has 2 aromatic carbocycles. The normalized spacial score (nSPS) is 11.2. The van der Waals surface area contributed by atoms with Crippen LogP contribution in [0.1, 0.15) is 35.0 Å². The van der Waals surface area contributed by atoms with Gasteiger partial charge in [0.2, 0.25) is 0 Å². The maximum absolute atomic E-state index is 12.7. The first-order valence-electron chi connectivity index (χ1n) is 10.3. The van der Waals surface area contributed by atoms with Gasteiger partial charge in [-0.3, -0.25) is 4.79 Å². The van der Waals surface area contributed by atoms with Gasteiger partial charge in [0.05, 0.1) is 6.61 Å². The fourth-order valence-electron chi connectivity index (χ4n) is 3.59. The molecule has 0 radical (unpaired) electrons. The summed E-state index contributed by atoms with van der Waals surface area (Å²) in [6.45, 7) is 10.7. The van der Waals surface area contributed by atoms with Crippen molar-refractivity contribution in [3.63, 3.8) is 0 Å². The maximum Gasteiger partial charge on any atom is 0.266 e. The number of nitrogens with one attached hydrogen (secondary N) is 1. The lowest BCUT2D eigenvalue weighted by Gasteiger charge is -2.14. The highest BCUT2D eigenvalue weighted by molar-refractivity contribution is 6.09. The largest absolute Gasteiger partial charge is 0.494 e. The summed E-state index contributed by atoms with van der Waals surface area (Å²) < 4.78 is 7.57. The molecule has 1 aromatic heterocycles. The van der Waals surface area contributed by atoms with Crippen LogP contribution in [0.3, 0.4) is 0 Å². The third-order valence-corrected chi connectivity index (χ3v) is 5.38. The van der Waals surface area contributed by atoms with Crippen molar-refractivity contribution < 1.29 is 9.53 Å². The third-order valence-electron chi connectivity index (χ3n) is 5.38. The average molecular weight is 414 g/mol. The van der Waals surface area contributed by atoms with E-state index in [4.69, 9.17) is 4.74 Å². The van der Waals surface area contributed by atoms with E-state index in [9.17, 15) is 10.1 Å². The fourth-order valence-corrected chi connectivity index (χ4v) is 3.59. The van der Waals surface area contributed by atoms with Gasteiger partial charge in [-0.25, -0.2) is 0 Å². The number of ether oxygens (including phenoxy) is 1. The van der Waals surface area contributed by atoms with Crippen molar-refractivity contribution in [2.45, 2.75) is 34.6 Å². The zero-order valence-corrected chi connectivity index (χ0v) is 18.6. The molecule has 0 aliphatic carbocycles. The number of nitriles is 1. The fraction of sp³-hybridized carbons (Fsp3) is 0.231. The SMILES string of the molecule is CCOc1ccc(NC(=O)C(C#N)=Cc2cc(C)n(-c3cccc(C)c3C)c2C)cc1. The predicted octanol–water partition coefficient (Wildman–Crippen LogP) is 5.66. The zero-order valence-electron chi connectivity index (χ0n) is 18.6. The standard InChI is InChI=1S/C26H27N3O2/c1-6-31-24-12-10-23(11-13-24)28-26(30)22(16-27)15-21-14-18(3)29(20(21)5)25-9-7-8-17(2)19(25)4/h7-15H,6H2,1-5H3,(H,28,30). The number of carbonyl (C=O) groups is 1. The number of benzene rings is 2. The highest BCUT2D eigenvalue weighted by Crippen LogP contribution is 2.26. The molecule has 0 bridgehead atoms. The van der Waals surface area contributed by atoms with Gasteiger partial charge in [0.15, 0.2) is 0 Å². The van der Waals surface area contributed by atoms with Crippen molar-refractivity contribution in [3.05, 3.63) is 82.2 Å². The van der Waals surface area contributed by atoms with E-state index in [0.717, 1.165) is 28.4 Å². The van der Waals surface area contributed by atoms with Gasteiger partial charge in [-0.05, 0) is 93.8 Å². The lowest BCUT2D eigenvalue weighted by Crippen LogP contribution is -2.13. The smallest absolute Gasteiger partial charge is 0.266 e. The van der Waals surface area contributed by atoms with Crippen molar-refractivity contribution in [3.8, 4) is 17.5 Å². The van der Waals surface area contributed by atoms with Crippen molar-refractivity contribution in [1.29, 1.82) is 5.26 Å². The van der Waals surface area contributed by atoms with Gasteiger partial charge in [-0.2, -0.15) is 5.26 Å². The van der Waals surface area contributed by atoms with Crippen molar-refractivity contribution >= 4 is 17.7 Å². The van der Waals surface area contributed by atoms with Crippen LogP contribution in [0, 0.1) is 39.0 Å². The van der Waals surface area contributed by atoms with Crippen LogP contribution < -0.4 is 10.1 Å². The molecule has 0 aliphatic rings. The summed E-state index contributed by atoms with van der Waals surface area (Å²) in [5.41, 5.74) is 7.05. The Hall–Kier alpha value is -3.78. The number of anilines is 1. The van der Waals surface area contributed by atoms with E-state index in [-0.39, 0.29) is 5.57 Å². The second-order valence-corrected chi connectivity index (χ2v) is 7.46. The van der Waals surface area contributed by atoms with E-state index in [1.807, 2.05) is 39.0 Å². The summed E-state index contributed by atoms with van der Waals surface area (Å²) >= 11 is 0. The molecule has 0 unspecified atom stereocenters. The summed E-state index contributed by atoms with van der Waals surface area (Å²) in [7, 11) is 0. The number of rotatable bonds is 6. The summed E-state index contributed by atoms with van der Waals surface area (Å²) in [5, 5.41) is 12.4. The predicted molar refractivity (Wildman–Crippen MR) is 125 cm³/mol. The molecule has 0 saturated carbocycles. The second kappa shape index (κ2) is 9.36. The van der Waals surface area contributed by atoms with Crippen LogP contribution in [0.5, 0.6) is 5.75 Å². The molecule has 1 N–H and O–H groups in total. The van der Waals surface area contributed by atoms with Crippen LogP contribution in [0.15, 0.2) is 54.1 Å². The Kier molecular flexibility index (Phi) is 6.61. The second-order valence-electron chi connectivity index (χ2n) is 7.46. The topological polar surface area (TPSA) is 67.0 Å². The van der Waals surface area contributed by atoms with E-state index in [1.54, 1.807) is 30.3 Å². The Bertz CT molecular complexity index is 1180. The summed E-state index contributed by atoms with van der Waals surface area (Å²) in [6, 6.07) is 17.3. The molecule has 31 heavy (non-hydrogen) atoms. The van der Waals surface area contributed by atoms with Gasteiger partial charge in [0.25, 0.3) is 5.91 Å². The number of aromatic nitrogens is 1. The van der Waals surface area contributed by atoms with Crippen LogP contribution in [-0.2, 0) is 4.79 Å². The van der Waals surface area contributed by atoms with Crippen molar-refractivity contribution in [2.75, 3.05) is 11.9 Å². The first kappa shape index (κ1) is 21.9. The van der Waals surface area contributed by atoms with Gasteiger partial charge >= 0.3 is 0 Å². The van der Waals surface area contributed by atoms with E-state index in [0.29, 0.717) is 12.3 Å². The minimum Gasteiger partial charge on any atom is -0.494 e. The molecule has 158 valence electrons. The molecule has 1 amide bonds. The molecule has 0 fully saturated rings. The van der Waals surface area contributed by atoms with Gasteiger partial charge < -0.3 is 14.6 Å². The number of hydrogen-bond acceptors (Lipinski definition) is 3. The number of carbonyl (C=O) groups excluding carboxylic acids is 1. The van der Waals surface area contributed by atoms with E-state index < -0.39 is 5.91 Å². The highest BCUT2D eigenvalue weighted by Gasteiger charge is 2.15. The van der Waals surface area contributed by atoms with E-state index >= 15 is 0 Å². The number of nitrogens with zero attached hydrogens (tertiary/aromatic N) is 2. The Morgan fingerprint density at radius 3 is 2.48 bits per heavy atom. The first-order chi connectivity index (χ1) is 14.8. The maximum atomic E-state index is 12.7. The van der Waals surface area contributed by atoms with Crippen LogP contribution >= 0.6 is 0 Å². The monoisotopic (exact) mass is 413 g/mol. The molecule has 0 aliphatic heterocycles. The van der Waals surface area contributed by atoms with Crippen molar-refractivity contribution in [2.24, 2.45) is 0 Å². The van der Waals surface area contributed by atoms with E-state index in [2.05, 4.69) is 35.9 Å². The lowest BCUT2D eigenvalue weighted by molar-refractivity contribution is -0.112. The molecular formula is C26H27N3O2. The lowest BCUT2D eigenvalue weighted by atomic mass is 10.1. The Morgan fingerprint density at radius 2 is 1.84 bits per heavy atom. The number of amides is 1. The van der Waals surface area contributed by atoms with Gasteiger partial charge in [0.1, 0.15) is 17.4 Å².